The lowest BCUT2D eigenvalue weighted by atomic mass is 10.3. The molecule has 0 saturated carbocycles. The Hall–Kier alpha value is -3.04. The number of nitrogens with zero attached hydrogens (tertiary/aromatic N) is 2. The summed E-state index contributed by atoms with van der Waals surface area (Å²) in [4.78, 5) is 29.8. The van der Waals surface area contributed by atoms with Crippen molar-refractivity contribution in [2.45, 2.75) is 11.7 Å². The van der Waals surface area contributed by atoms with E-state index in [-0.39, 0.29) is 23.8 Å². The molecule has 0 atom stereocenters. The summed E-state index contributed by atoms with van der Waals surface area (Å²) in [5.41, 5.74) is 1.17. The molecule has 3 heterocycles. The first-order chi connectivity index (χ1) is 14.1. The van der Waals surface area contributed by atoms with E-state index < -0.39 is 0 Å². The molecule has 0 saturated heterocycles. The summed E-state index contributed by atoms with van der Waals surface area (Å²) in [5.74, 6) is 1.29. The van der Waals surface area contributed by atoms with Gasteiger partial charge in [0.25, 0.3) is 5.56 Å². The first-order valence-electron chi connectivity index (χ1n) is 8.71. The summed E-state index contributed by atoms with van der Waals surface area (Å²) >= 11 is 2.57. The third kappa shape index (κ3) is 4.36. The van der Waals surface area contributed by atoms with Crippen LogP contribution in [0.25, 0.3) is 10.2 Å². The lowest BCUT2D eigenvalue weighted by Gasteiger charge is -2.11. The smallest absolute Gasteiger partial charge is 0.272 e. The highest BCUT2D eigenvalue weighted by Gasteiger charge is 2.15. The molecule has 0 spiro atoms. The second-order valence-corrected chi connectivity index (χ2v) is 7.92. The lowest BCUT2D eigenvalue weighted by molar-refractivity contribution is -0.113. The van der Waals surface area contributed by atoms with Crippen LogP contribution in [0, 0.1) is 0 Å². The number of anilines is 1. The maximum atomic E-state index is 12.9. The summed E-state index contributed by atoms with van der Waals surface area (Å²) in [7, 11) is 1.59. The lowest BCUT2D eigenvalue weighted by Crippen LogP contribution is -2.24. The molecule has 148 valence electrons. The Balaban J connectivity index is 1.53. The molecule has 0 aliphatic heterocycles. The van der Waals surface area contributed by atoms with E-state index in [4.69, 9.17) is 9.15 Å². The predicted molar refractivity (Wildman–Crippen MR) is 114 cm³/mol. The van der Waals surface area contributed by atoms with Gasteiger partial charge in [-0.15, -0.1) is 11.3 Å². The molecule has 7 nitrogen and oxygen atoms in total. The van der Waals surface area contributed by atoms with Gasteiger partial charge in [0.1, 0.15) is 16.2 Å². The van der Waals surface area contributed by atoms with Gasteiger partial charge in [-0.1, -0.05) is 11.8 Å². The Morgan fingerprint density at radius 1 is 1.28 bits per heavy atom. The number of thioether (sulfide) groups is 1. The summed E-state index contributed by atoms with van der Waals surface area (Å²) in [6.07, 6.45) is 1.56. The van der Waals surface area contributed by atoms with Gasteiger partial charge in [-0.3, -0.25) is 14.2 Å². The third-order valence-electron chi connectivity index (χ3n) is 4.13. The Morgan fingerprint density at radius 3 is 2.83 bits per heavy atom. The fourth-order valence-corrected chi connectivity index (χ4v) is 4.31. The molecule has 0 radical (unpaired) electrons. The number of benzene rings is 1. The standard InChI is InChI=1S/C20H17N3O4S2/c1-26-14-6-4-13(5-7-14)21-17(24)12-29-20-22-16-8-10-28-18(16)19(25)23(20)11-15-3-2-9-27-15/h2-10H,11-12H2,1H3,(H,21,24). The molecule has 0 aliphatic rings. The molecule has 3 aromatic heterocycles. The van der Waals surface area contributed by atoms with Crippen molar-refractivity contribution < 1.29 is 13.9 Å². The van der Waals surface area contributed by atoms with Gasteiger partial charge in [0, 0.05) is 5.69 Å². The zero-order chi connectivity index (χ0) is 20.2. The number of amides is 1. The molecule has 0 aliphatic carbocycles. The minimum Gasteiger partial charge on any atom is -0.497 e. The molecule has 29 heavy (non-hydrogen) atoms. The number of ether oxygens (including phenoxy) is 1. The average molecular weight is 428 g/mol. The molecular weight excluding hydrogens is 410 g/mol. The zero-order valence-electron chi connectivity index (χ0n) is 15.5. The number of methoxy groups -OCH3 is 1. The first-order valence-corrected chi connectivity index (χ1v) is 10.6. The Kier molecular flexibility index (Phi) is 5.68. The molecular formula is C20H17N3O4S2. The van der Waals surface area contributed by atoms with Crippen LogP contribution >= 0.6 is 23.1 Å². The predicted octanol–water partition coefficient (Wildman–Crippen LogP) is 3.84. The monoisotopic (exact) mass is 427 g/mol. The van der Waals surface area contributed by atoms with Crippen molar-refractivity contribution in [3.05, 3.63) is 70.2 Å². The van der Waals surface area contributed by atoms with Gasteiger partial charge in [-0.25, -0.2) is 4.98 Å². The fourth-order valence-electron chi connectivity index (χ4n) is 2.73. The molecule has 1 aromatic carbocycles. The number of carbonyl (C=O) groups excluding carboxylic acids is 1. The van der Waals surface area contributed by atoms with Gasteiger partial charge in [-0.2, -0.15) is 0 Å². The van der Waals surface area contributed by atoms with Crippen LogP contribution in [0.1, 0.15) is 5.76 Å². The summed E-state index contributed by atoms with van der Waals surface area (Å²) < 4.78 is 12.6. The molecule has 4 rings (SSSR count). The SMILES string of the molecule is COc1ccc(NC(=O)CSc2nc3ccsc3c(=O)n2Cc2ccco2)cc1. The molecule has 1 N–H and O–H groups in total. The van der Waals surface area contributed by atoms with Gasteiger partial charge in [0.2, 0.25) is 5.91 Å². The highest BCUT2D eigenvalue weighted by atomic mass is 32.2. The largest absolute Gasteiger partial charge is 0.497 e. The van der Waals surface area contributed by atoms with Crippen molar-refractivity contribution >= 4 is 44.9 Å². The number of nitrogens with one attached hydrogen (secondary N) is 1. The maximum Gasteiger partial charge on any atom is 0.272 e. The van der Waals surface area contributed by atoms with Crippen LogP contribution in [0.2, 0.25) is 0 Å². The van der Waals surface area contributed by atoms with E-state index in [1.165, 1.54) is 23.1 Å². The van der Waals surface area contributed by atoms with Crippen LogP contribution in [-0.4, -0.2) is 28.3 Å². The number of hydrogen-bond acceptors (Lipinski definition) is 7. The van der Waals surface area contributed by atoms with Gasteiger partial charge in [-0.05, 0) is 47.8 Å². The summed E-state index contributed by atoms with van der Waals surface area (Å²) in [6, 6.07) is 12.5. The van der Waals surface area contributed by atoms with Gasteiger partial charge >= 0.3 is 0 Å². The van der Waals surface area contributed by atoms with Crippen LogP contribution in [0.4, 0.5) is 5.69 Å². The quantitative estimate of drug-likeness (QED) is 0.356. The van der Waals surface area contributed by atoms with Crippen molar-refractivity contribution in [1.29, 1.82) is 0 Å². The van der Waals surface area contributed by atoms with Crippen LogP contribution in [0.3, 0.4) is 0 Å². The number of rotatable bonds is 7. The molecule has 0 fully saturated rings. The number of fused-ring (bicyclic) bond motifs is 1. The van der Waals surface area contributed by atoms with E-state index >= 15 is 0 Å². The second-order valence-electron chi connectivity index (χ2n) is 6.07. The van der Waals surface area contributed by atoms with Crippen LogP contribution in [0.15, 0.2) is 68.5 Å². The Bertz CT molecular complexity index is 1180. The molecule has 0 unspecified atom stereocenters. The molecule has 4 aromatic rings. The third-order valence-corrected chi connectivity index (χ3v) is 6.00. The number of hydrogen-bond donors (Lipinski definition) is 1. The summed E-state index contributed by atoms with van der Waals surface area (Å²) in [6.45, 7) is 0.259. The van der Waals surface area contributed by atoms with Crippen molar-refractivity contribution in [1.82, 2.24) is 9.55 Å². The fraction of sp³-hybridized carbons (Fsp3) is 0.150. The zero-order valence-corrected chi connectivity index (χ0v) is 17.1. The molecule has 1 amide bonds. The number of thiophene rings is 1. The minimum absolute atomic E-state index is 0.117. The molecule has 0 bridgehead atoms. The van der Waals surface area contributed by atoms with Crippen molar-refractivity contribution in [3.63, 3.8) is 0 Å². The highest BCUT2D eigenvalue weighted by Crippen LogP contribution is 2.22. The summed E-state index contributed by atoms with van der Waals surface area (Å²) in [5, 5.41) is 5.14. The van der Waals surface area contributed by atoms with Crippen LogP contribution in [0.5, 0.6) is 5.75 Å². The van der Waals surface area contributed by atoms with E-state index in [0.29, 0.717) is 32.6 Å². The highest BCUT2D eigenvalue weighted by molar-refractivity contribution is 7.99. The second kappa shape index (κ2) is 8.54. The van der Waals surface area contributed by atoms with Gasteiger partial charge < -0.3 is 14.5 Å². The Labute approximate surface area is 174 Å². The minimum atomic E-state index is -0.190. The first kappa shape index (κ1) is 19.3. The average Bonchev–Trinajstić information content (AvgIpc) is 3.41. The number of carbonyl (C=O) groups is 1. The van der Waals surface area contributed by atoms with Gasteiger partial charge in [0.15, 0.2) is 5.16 Å². The van der Waals surface area contributed by atoms with E-state index in [1.807, 2.05) is 5.38 Å². The van der Waals surface area contributed by atoms with Crippen LogP contribution < -0.4 is 15.6 Å². The van der Waals surface area contributed by atoms with E-state index in [1.54, 1.807) is 60.4 Å². The Morgan fingerprint density at radius 2 is 2.10 bits per heavy atom. The van der Waals surface area contributed by atoms with E-state index in [9.17, 15) is 9.59 Å². The van der Waals surface area contributed by atoms with Crippen molar-refractivity contribution in [2.24, 2.45) is 0 Å². The van der Waals surface area contributed by atoms with E-state index in [0.717, 1.165) is 0 Å². The number of furan rings is 1. The normalized spacial score (nSPS) is 10.9. The van der Waals surface area contributed by atoms with Crippen LogP contribution in [-0.2, 0) is 11.3 Å². The molecule has 9 heteroatoms. The van der Waals surface area contributed by atoms with Crippen molar-refractivity contribution in [3.8, 4) is 5.75 Å². The van der Waals surface area contributed by atoms with E-state index in [2.05, 4.69) is 10.3 Å². The maximum absolute atomic E-state index is 12.9. The number of aromatic nitrogens is 2. The van der Waals surface area contributed by atoms with Gasteiger partial charge in [0.05, 0.1) is 31.2 Å². The topological polar surface area (TPSA) is 86.4 Å². The van der Waals surface area contributed by atoms with Crippen molar-refractivity contribution in [2.75, 3.05) is 18.2 Å².